The molecule has 1 heterocycles. The van der Waals surface area contributed by atoms with E-state index in [9.17, 15) is 0 Å². The summed E-state index contributed by atoms with van der Waals surface area (Å²) in [5.41, 5.74) is 5.77. The van der Waals surface area contributed by atoms with Gasteiger partial charge in [-0.2, -0.15) is 0 Å². The molecule has 52 valence electrons. The number of hydrogen-bond donors (Lipinski definition) is 1. The molecular weight excluding hydrogens is 114 g/mol. The number of hydrogen-bond acceptors (Lipinski definition) is 2. The van der Waals surface area contributed by atoms with E-state index < -0.39 is 0 Å². The Morgan fingerprint density at radius 3 is 2.22 bits per heavy atom. The molecule has 2 heteroatoms. The van der Waals surface area contributed by atoms with Gasteiger partial charge in [0.2, 0.25) is 0 Å². The maximum atomic E-state index is 5.77. The first-order valence-electron chi connectivity index (χ1n) is 3.69. The van der Waals surface area contributed by atoms with Crippen LogP contribution in [0.2, 0.25) is 0 Å². The van der Waals surface area contributed by atoms with Crippen molar-refractivity contribution in [3.8, 4) is 0 Å². The van der Waals surface area contributed by atoms with Crippen molar-refractivity contribution in [2.24, 2.45) is 17.6 Å². The van der Waals surface area contributed by atoms with E-state index in [4.69, 9.17) is 10.5 Å². The monoisotopic (exact) mass is 127 g/mol. The van der Waals surface area contributed by atoms with Gasteiger partial charge in [0.1, 0.15) is 0 Å². The molecule has 0 amide bonds. The van der Waals surface area contributed by atoms with Gasteiger partial charge in [-0.05, 0) is 24.7 Å². The van der Waals surface area contributed by atoms with Crippen LogP contribution in [0.15, 0.2) is 0 Å². The SMILES string of the molecule is NC1CC2COCC2C1. The minimum absolute atomic E-state index is 0.476. The summed E-state index contributed by atoms with van der Waals surface area (Å²) in [5.74, 6) is 1.61. The molecule has 0 spiro atoms. The highest BCUT2D eigenvalue weighted by molar-refractivity contribution is 4.88. The minimum atomic E-state index is 0.476. The largest absolute Gasteiger partial charge is 0.381 e. The Morgan fingerprint density at radius 1 is 1.11 bits per heavy atom. The summed E-state index contributed by atoms with van der Waals surface area (Å²) < 4.78 is 5.30. The molecule has 1 aliphatic carbocycles. The fraction of sp³-hybridized carbons (Fsp3) is 1.00. The highest BCUT2D eigenvalue weighted by atomic mass is 16.5. The van der Waals surface area contributed by atoms with E-state index >= 15 is 0 Å². The molecule has 2 rings (SSSR count). The molecule has 2 N–H and O–H groups in total. The molecular formula is C7H13NO. The second-order valence-corrected chi connectivity index (χ2v) is 3.29. The number of nitrogens with two attached hydrogens (primary N) is 1. The Labute approximate surface area is 55.4 Å². The first-order chi connectivity index (χ1) is 4.36. The summed E-state index contributed by atoms with van der Waals surface area (Å²) in [6.45, 7) is 1.94. The third kappa shape index (κ3) is 0.864. The molecule has 0 radical (unpaired) electrons. The summed E-state index contributed by atoms with van der Waals surface area (Å²) in [6, 6.07) is 0.476. The normalized spacial score (nSPS) is 49.7. The third-order valence-electron chi connectivity index (χ3n) is 2.54. The second kappa shape index (κ2) is 1.96. The van der Waals surface area contributed by atoms with Crippen molar-refractivity contribution >= 4 is 0 Å². The average Bonchev–Trinajstić information content (AvgIpc) is 2.22. The van der Waals surface area contributed by atoms with Crippen LogP contribution in [0.3, 0.4) is 0 Å². The average molecular weight is 127 g/mol. The molecule has 2 atom stereocenters. The zero-order valence-electron chi connectivity index (χ0n) is 5.55. The van der Waals surface area contributed by atoms with Gasteiger partial charge in [0.25, 0.3) is 0 Å². The molecule has 1 aliphatic heterocycles. The van der Waals surface area contributed by atoms with Crippen LogP contribution in [0.25, 0.3) is 0 Å². The molecule has 0 aromatic carbocycles. The van der Waals surface area contributed by atoms with Gasteiger partial charge in [0.15, 0.2) is 0 Å². The van der Waals surface area contributed by atoms with Crippen LogP contribution in [-0.2, 0) is 4.74 Å². The quantitative estimate of drug-likeness (QED) is 0.510. The molecule has 2 fully saturated rings. The highest BCUT2D eigenvalue weighted by Crippen LogP contribution is 2.35. The van der Waals surface area contributed by atoms with E-state index in [2.05, 4.69) is 0 Å². The van der Waals surface area contributed by atoms with Crippen LogP contribution in [-0.4, -0.2) is 19.3 Å². The minimum Gasteiger partial charge on any atom is -0.381 e. The van der Waals surface area contributed by atoms with Gasteiger partial charge in [-0.15, -0.1) is 0 Å². The van der Waals surface area contributed by atoms with E-state index in [1.165, 1.54) is 12.8 Å². The molecule has 1 saturated heterocycles. The lowest BCUT2D eigenvalue weighted by molar-refractivity contribution is 0.171. The lowest BCUT2D eigenvalue weighted by Crippen LogP contribution is -2.16. The van der Waals surface area contributed by atoms with Crippen LogP contribution >= 0.6 is 0 Å². The Bertz CT molecular complexity index is 103. The predicted molar refractivity (Wildman–Crippen MR) is 35.0 cm³/mol. The topological polar surface area (TPSA) is 35.2 Å². The zero-order valence-corrected chi connectivity index (χ0v) is 5.55. The van der Waals surface area contributed by atoms with Crippen molar-refractivity contribution in [3.05, 3.63) is 0 Å². The summed E-state index contributed by atoms with van der Waals surface area (Å²) in [4.78, 5) is 0. The summed E-state index contributed by atoms with van der Waals surface area (Å²) in [7, 11) is 0. The molecule has 2 nitrogen and oxygen atoms in total. The number of ether oxygens (including phenoxy) is 1. The fourth-order valence-electron chi connectivity index (χ4n) is 2.04. The van der Waals surface area contributed by atoms with Crippen LogP contribution in [0.4, 0.5) is 0 Å². The Balaban J connectivity index is 2.02. The Kier molecular flexibility index (Phi) is 1.24. The molecule has 0 aromatic heterocycles. The van der Waals surface area contributed by atoms with Crippen LogP contribution in [0.1, 0.15) is 12.8 Å². The standard InChI is InChI=1S/C7H13NO/c8-7-1-5-3-9-4-6(5)2-7/h5-7H,1-4,8H2. The smallest absolute Gasteiger partial charge is 0.0498 e. The van der Waals surface area contributed by atoms with Crippen LogP contribution < -0.4 is 5.73 Å². The van der Waals surface area contributed by atoms with Gasteiger partial charge in [-0.3, -0.25) is 0 Å². The van der Waals surface area contributed by atoms with Gasteiger partial charge in [0.05, 0.1) is 0 Å². The van der Waals surface area contributed by atoms with Crippen molar-refractivity contribution in [3.63, 3.8) is 0 Å². The maximum absolute atomic E-state index is 5.77. The van der Waals surface area contributed by atoms with Crippen molar-refractivity contribution in [2.45, 2.75) is 18.9 Å². The summed E-state index contributed by atoms with van der Waals surface area (Å²) >= 11 is 0. The van der Waals surface area contributed by atoms with Crippen molar-refractivity contribution in [1.29, 1.82) is 0 Å². The summed E-state index contributed by atoms with van der Waals surface area (Å²) in [6.07, 6.45) is 2.40. The first kappa shape index (κ1) is 5.69. The number of fused-ring (bicyclic) bond motifs is 1. The Morgan fingerprint density at radius 2 is 1.67 bits per heavy atom. The highest BCUT2D eigenvalue weighted by Gasteiger charge is 2.36. The fourth-order valence-corrected chi connectivity index (χ4v) is 2.04. The van der Waals surface area contributed by atoms with Crippen molar-refractivity contribution in [2.75, 3.05) is 13.2 Å². The van der Waals surface area contributed by atoms with Crippen molar-refractivity contribution in [1.82, 2.24) is 0 Å². The summed E-state index contributed by atoms with van der Waals surface area (Å²) in [5, 5.41) is 0. The van der Waals surface area contributed by atoms with Gasteiger partial charge >= 0.3 is 0 Å². The zero-order chi connectivity index (χ0) is 6.27. The van der Waals surface area contributed by atoms with Gasteiger partial charge < -0.3 is 10.5 Å². The molecule has 9 heavy (non-hydrogen) atoms. The maximum Gasteiger partial charge on any atom is 0.0498 e. The van der Waals surface area contributed by atoms with Crippen LogP contribution in [0, 0.1) is 11.8 Å². The Hall–Kier alpha value is -0.0800. The first-order valence-corrected chi connectivity index (χ1v) is 3.69. The van der Waals surface area contributed by atoms with E-state index in [0.717, 1.165) is 25.0 Å². The lowest BCUT2D eigenvalue weighted by atomic mass is 10.0. The van der Waals surface area contributed by atoms with Crippen molar-refractivity contribution < 1.29 is 4.74 Å². The molecule has 0 bridgehead atoms. The van der Waals surface area contributed by atoms with Gasteiger partial charge in [0, 0.05) is 19.3 Å². The van der Waals surface area contributed by atoms with Gasteiger partial charge in [-0.25, -0.2) is 0 Å². The molecule has 0 aromatic rings. The van der Waals surface area contributed by atoms with Gasteiger partial charge in [-0.1, -0.05) is 0 Å². The lowest BCUT2D eigenvalue weighted by Gasteiger charge is -2.01. The van der Waals surface area contributed by atoms with E-state index in [1.54, 1.807) is 0 Å². The molecule has 2 aliphatic rings. The van der Waals surface area contributed by atoms with E-state index in [1.807, 2.05) is 0 Å². The van der Waals surface area contributed by atoms with E-state index in [0.29, 0.717) is 6.04 Å². The van der Waals surface area contributed by atoms with Crippen LogP contribution in [0.5, 0.6) is 0 Å². The third-order valence-corrected chi connectivity index (χ3v) is 2.54. The second-order valence-electron chi connectivity index (χ2n) is 3.29. The molecule has 2 unspecified atom stereocenters. The molecule has 1 saturated carbocycles. The van der Waals surface area contributed by atoms with E-state index in [-0.39, 0.29) is 0 Å². The number of rotatable bonds is 0. The predicted octanol–water partition coefficient (Wildman–Crippen LogP) is 0.370.